The molecule has 0 unspecified atom stereocenters. The zero-order valence-electron chi connectivity index (χ0n) is 10.9. The van der Waals surface area contributed by atoms with Crippen LogP contribution in [-0.4, -0.2) is 9.97 Å². The highest BCUT2D eigenvalue weighted by Gasteiger charge is 2.06. The molecule has 0 amide bonds. The first kappa shape index (κ1) is 11.8. The van der Waals surface area contributed by atoms with Crippen LogP contribution in [0.1, 0.15) is 36.7 Å². The van der Waals surface area contributed by atoms with Crippen molar-refractivity contribution in [3.8, 4) is 11.1 Å². The Morgan fingerprint density at radius 2 is 1.82 bits per heavy atom. The standard InChI is InChI=1S/C15H18N2/c1-10(2)15-7-11(3)14(9-17-15)13-5-6-16-12(4)8-13/h5-10H,1-4H3. The Kier molecular flexibility index (Phi) is 3.23. The van der Waals surface area contributed by atoms with E-state index in [1.807, 2.05) is 25.4 Å². The summed E-state index contributed by atoms with van der Waals surface area (Å²) in [6, 6.07) is 6.31. The summed E-state index contributed by atoms with van der Waals surface area (Å²) in [6.07, 6.45) is 3.82. The van der Waals surface area contributed by atoms with E-state index in [9.17, 15) is 0 Å². The normalized spacial score (nSPS) is 10.9. The van der Waals surface area contributed by atoms with E-state index in [1.165, 1.54) is 16.7 Å². The van der Waals surface area contributed by atoms with Gasteiger partial charge in [0, 0.05) is 29.3 Å². The molecule has 0 spiro atoms. The molecule has 88 valence electrons. The average Bonchev–Trinajstić information content (AvgIpc) is 2.28. The van der Waals surface area contributed by atoms with E-state index in [1.54, 1.807) is 0 Å². The zero-order valence-corrected chi connectivity index (χ0v) is 10.9. The van der Waals surface area contributed by atoms with E-state index < -0.39 is 0 Å². The van der Waals surface area contributed by atoms with Crippen molar-refractivity contribution in [2.45, 2.75) is 33.6 Å². The number of aryl methyl sites for hydroxylation is 2. The third kappa shape index (κ3) is 2.52. The first-order valence-corrected chi connectivity index (χ1v) is 5.97. The van der Waals surface area contributed by atoms with Crippen molar-refractivity contribution >= 4 is 0 Å². The number of nitrogens with zero attached hydrogens (tertiary/aromatic N) is 2. The number of pyridine rings is 2. The predicted octanol–water partition coefficient (Wildman–Crippen LogP) is 3.88. The van der Waals surface area contributed by atoms with E-state index in [-0.39, 0.29) is 0 Å². The topological polar surface area (TPSA) is 25.8 Å². The number of aromatic nitrogens is 2. The molecule has 0 saturated heterocycles. The molecule has 0 aliphatic rings. The lowest BCUT2D eigenvalue weighted by atomic mass is 10.00. The van der Waals surface area contributed by atoms with Gasteiger partial charge in [-0.3, -0.25) is 9.97 Å². The molecule has 0 saturated carbocycles. The maximum absolute atomic E-state index is 4.52. The Morgan fingerprint density at radius 1 is 1.06 bits per heavy atom. The molecule has 0 N–H and O–H groups in total. The van der Waals surface area contributed by atoms with E-state index >= 15 is 0 Å². The molecule has 0 atom stereocenters. The molecule has 2 nitrogen and oxygen atoms in total. The summed E-state index contributed by atoms with van der Waals surface area (Å²) in [7, 11) is 0. The van der Waals surface area contributed by atoms with E-state index in [0.717, 1.165) is 11.4 Å². The van der Waals surface area contributed by atoms with Gasteiger partial charge in [0.15, 0.2) is 0 Å². The molecule has 2 aromatic heterocycles. The molecule has 0 bridgehead atoms. The third-order valence-electron chi connectivity index (χ3n) is 2.93. The summed E-state index contributed by atoms with van der Waals surface area (Å²) in [5.74, 6) is 0.474. The Hall–Kier alpha value is -1.70. The van der Waals surface area contributed by atoms with Crippen LogP contribution in [0.5, 0.6) is 0 Å². The van der Waals surface area contributed by atoms with Crippen molar-refractivity contribution in [1.82, 2.24) is 9.97 Å². The molecule has 2 aromatic rings. The Balaban J connectivity index is 2.47. The SMILES string of the molecule is Cc1cc(-c2cnc(C(C)C)cc2C)ccn1. The smallest absolute Gasteiger partial charge is 0.0432 e. The van der Waals surface area contributed by atoms with Crippen LogP contribution in [0.15, 0.2) is 30.6 Å². The van der Waals surface area contributed by atoms with Crippen molar-refractivity contribution in [2.24, 2.45) is 0 Å². The number of rotatable bonds is 2. The Bertz CT molecular complexity index is 530. The second-order valence-electron chi connectivity index (χ2n) is 4.76. The lowest BCUT2D eigenvalue weighted by Gasteiger charge is -2.10. The maximum atomic E-state index is 4.52. The summed E-state index contributed by atoms with van der Waals surface area (Å²) in [5, 5.41) is 0. The van der Waals surface area contributed by atoms with E-state index in [0.29, 0.717) is 5.92 Å². The van der Waals surface area contributed by atoms with Crippen molar-refractivity contribution in [3.63, 3.8) is 0 Å². The quantitative estimate of drug-likeness (QED) is 0.776. The second-order valence-corrected chi connectivity index (χ2v) is 4.76. The summed E-state index contributed by atoms with van der Waals surface area (Å²) < 4.78 is 0. The van der Waals surface area contributed by atoms with Gasteiger partial charge in [0.05, 0.1) is 0 Å². The Morgan fingerprint density at radius 3 is 2.41 bits per heavy atom. The van der Waals surface area contributed by atoms with Crippen LogP contribution in [0.4, 0.5) is 0 Å². The molecule has 2 heteroatoms. The molecule has 2 heterocycles. The maximum Gasteiger partial charge on any atom is 0.0432 e. The van der Waals surface area contributed by atoms with Crippen LogP contribution in [0.25, 0.3) is 11.1 Å². The fourth-order valence-electron chi connectivity index (χ4n) is 1.91. The van der Waals surface area contributed by atoms with Gasteiger partial charge in [-0.05, 0) is 49.1 Å². The van der Waals surface area contributed by atoms with Crippen molar-refractivity contribution in [1.29, 1.82) is 0 Å². The number of hydrogen-bond donors (Lipinski definition) is 0. The molecule has 0 fully saturated rings. The van der Waals surface area contributed by atoms with Crippen LogP contribution in [0.2, 0.25) is 0 Å². The van der Waals surface area contributed by atoms with Crippen LogP contribution in [-0.2, 0) is 0 Å². The third-order valence-corrected chi connectivity index (χ3v) is 2.93. The molecule has 2 rings (SSSR count). The van der Waals surface area contributed by atoms with Crippen molar-refractivity contribution < 1.29 is 0 Å². The van der Waals surface area contributed by atoms with Gasteiger partial charge < -0.3 is 0 Å². The second kappa shape index (κ2) is 4.66. The Labute approximate surface area is 103 Å². The lowest BCUT2D eigenvalue weighted by molar-refractivity contribution is 0.821. The highest BCUT2D eigenvalue weighted by Crippen LogP contribution is 2.24. The van der Waals surface area contributed by atoms with E-state index in [4.69, 9.17) is 0 Å². The molecular formula is C15H18N2. The van der Waals surface area contributed by atoms with Crippen LogP contribution in [0, 0.1) is 13.8 Å². The van der Waals surface area contributed by atoms with Crippen molar-refractivity contribution in [2.75, 3.05) is 0 Å². The van der Waals surface area contributed by atoms with Gasteiger partial charge in [0.25, 0.3) is 0 Å². The average molecular weight is 226 g/mol. The largest absolute Gasteiger partial charge is 0.262 e. The van der Waals surface area contributed by atoms with Gasteiger partial charge in [-0.15, -0.1) is 0 Å². The van der Waals surface area contributed by atoms with Gasteiger partial charge in [-0.25, -0.2) is 0 Å². The number of hydrogen-bond acceptors (Lipinski definition) is 2. The molecule has 0 aliphatic carbocycles. The summed E-state index contributed by atoms with van der Waals surface area (Å²) in [4.78, 5) is 8.75. The first-order valence-electron chi connectivity index (χ1n) is 5.97. The minimum Gasteiger partial charge on any atom is -0.262 e. The molecular weight excluding hydrogens is 208 g/mol. The fourth-order valence-corrected chi connectivity index (χ4v) is 1.91. The van der Waals surface area contributed by atoms with Crippen LogP contribution < -0.4 is 0 Å². The van der Waals surface area contributed by atoms with Gasteiger partial charge in [0.2, 0.25) is 0 Å². The lowest BCUT2D eigenvalue weighted by Crippen LogP contribution is -1.95. The van der Waals surface area contributed by atoms with Crippen LogP contribution >= 0.6 is 0 Å². The van der Waals surface area contributed by atoms with Gasteiger partial charge in [-0.1, -0.05) is 13.8 Å². The highest BCUT2D eigenvalue weighted by molar-refractivity contribution is 5.66. The molecule has 0 radical (unpaired) electrons. The van der Waals surface area contributed by atoms with Crippen LogP contribution in [0.3, 0.4) is 0 Å². The molecule has 17 heavy (non-hydrogen) atoms. The van der Waals surface area contributed by atoms with E-state index in [2.05, 4.69) is 42.9 Å². The monoisotopic (exact) mass is 226 g/mol. The summed E-state index contributed by atoms with van der Waals surface area (Å²) >= 11 is 0. The van der Waals surface area contributed by atoms with Gasteiger partial charge in [0.1, 0.15) is 0 Å². The highest BCUT2D eigenvalue weighted by atomic mass is 14.7. The minimum absolute atomic E-state index is 0.474. The predicted molar refractivity (Wildman–Crippen MR) is 71.0 cm³/mol. The van der Waals surface area contributed by atoms with Gasteiger partial charge in [-0.2, -0.15) is 0 Å². The summed E-state index contributed by atoms with van der Waals surface area (Å²) in [6.45, 7) is 8.48. The fraction of sp³-hybridized carbons (Fsp3) is 0.333. The molecule has 0 aromatic carbocycles. The summed E-state index contributed by atoms with van der Waals surface area (Å²) in [5.41, 5.74) is 5.85. The zero-order chi connectivity index (χ0) is 12.4. The first-order chi connectivity index (χ1) is 8.08. The van der Waals surface area contributed by atoms with Crippen molar-refractivity contribution in [3.05, 3.63) is 47.5 Å². The van der Waals surface area contributed by atoms with Gasteiger partial charge >= 0.3 is 0 Å². The minimum atomic E-state index is 0.474. The molecule has 0 aliphatic heterocycles.